The number of allylic oxidation sites excluding steroid dienone is 2. The zero-order valence-corrected chi connectivity index (χ0v) is 84.0. The Labute approximate surface area is 798 Å². The lowest BCUT2D eigenvalue weighted by Crippen LogP contribution is -2.46. The third-order valence-corrected chi connectivity index (χ3v) is 19.7. The van der Waals surface area contributed by atoms with Gasteiger partial charge < -0.3 is 68.5 Å². The number of aromatic hydroxyl groups is 1. The number of benzene rings is 3. The van der Waals surface area contributed by atoms with Gasteiger partial charge in [-0.1, -0.05) is 162 Å². The minimum absolute atomic E-state index is 0.0211. The Balaban J connectivity index is -0.000000351. The predicted molar refractivity (Wildman–Crippen MR) is 499 cm³/mol. The number of halogens is 14. The first kappa shape index (κ1) is 138. The molecule has 8 atom stereocenters. The maximum atomic E-state index is 13.2. The molecule has 2 fully saturated rings. The molecule has 137 heavy (non-hydrogen) atoms. The van der Waals surface area contributed by atoms with Gasteiger partial charge in [0.15, 0.2) is 28.5 Å². The van der Waals surface area contributed by atoms with Gasteiger partial charge in [0.05, 0.1) is 18.9 Å². The highest BCUT2D eigenvalue weighted by Crippen LogP contribution is 2.44. The number of sulfonamides is 1. The number of Topliss-reactive ketones (excluding diaryl/α,β-unsaturated/α-hetero) is 1. The van der Waals surface area contributed by atoms with Gasteiger partial charge in [0.1, 0.15) is 54.5 Å². The quantitative estimate of drug-likeness (QED) is 0.00729. The van der Waals surface area contributed by atoms with Crippen LogP contribution < -0.4 is 9.46 Å². The summed E-state index contributed by atoms with van der Waals surface area (Å²) in [5.41, 5.74) is -8.13. The number of hydrogen-bond acceptors (Lipinski definition) is 23. The number of aliphatic hydroxyl groups is 5. The van der Waals surface area contributed by atoms with Gasteiger partial charge in [-0.15, -0.1) is 0 Å². The molecule has 0 radical (unpaired) electrons. The zero-order chi connectivity index (χ0) is 109. The number of alkyl halides is 14. The Morgan fingerprint density at radius 2 is 0.825 bits per heavy atom. The fraction of sp³-hybridized carbons (Fsp3) is 0.561. The molecule has 3 aromatic carbocycles. The molecule has 5 rings (SSSR count). The number of rotatable bonds is 34. The maximum Gasteiger partial charge on any atom is 0.417 e. The van der Waals surface area contributed by atoms with Gasteiger partial charge in [-0.05, 0) is 212 Å². The molecule has 2 bridgehead atoms. The van der Waals surface area contributed by atoms with Crippen LogP contribution in [0, 0.1) is 17.8 Å². The van der Waals surface area contributed by atoms with Crippen molar-refractivity contribution in [2.24, 2.45) is 17.8 Å². The number of hydrogen-bond donors (Lipinski definition) is 7. The van der Waals surface area contributed by atoms with Crippen LogP contribution in [0.5, 0.6) is 11.5 Å². The van der Waals surface area contributed by atoms with Crippen LogP contribution in [-0.4, -0.2) is 191 Å². The molecule has 3 aromatic rings. The molecule has 0 saturated heterocycles. The fourth-order valence-corrected chi connectivity index (χ4v) is 11.3. The highest BCUT2D eigenvalue weighted by atomic mass is 32.2. The third-order valence-electron chi connectivity index (χ3n) is 18.8. The number of carbonyl (C=O) groups is 7. The molecule has 2 aliphatic carbocycles. The average molecular weight is 2000 g/mol. The summed E-state index contributed by atoms with van der Waals surface area (Å²) in [6.45, 7) is 63.8. The standard InChI is InChI=1S/C16H16O.C13H21F3O3.C11H17F3O3.C11H12O2.C10H15F3O3.C10H14F2O3.C9H17NO4S.C7H12.C5H9F3O.C5H8O2.CH4O/c1-12(2)13(3)17-11-14-8-9-15-6-4-5-7-16(15)10-14;1-8(2)6-10(19-11(17)9(3)4)7-12(5,18)13(14,15)16;1-5-8(17-9(15)7(2)3)6-10(4,16)11(12,13)14;1-8(2)9(3)13-11-6-4-10(12)5-7-11;1-6(2)8(14)16-7(3)5-9(4,15)10(11,12)13;1-5-8(10(11,12)7(4)13)15-9(14)6(2)3;1-7(2)8(11)14-6-9(3,4)10-15(5,12)13;1-2-7-4-3-6(1)5-7;1-3-4(2,9)5(6,7)8;1-4(2)5(6)7-3;1-2/h4-10H,1,3,11H2,2H3;8,10,18H,3,6-7H2,1-2,4-5H3;8,16H,2,5-6H2,1,3-4H3;4-7,12H,1,3H2,2H3;7,15H,1,5H2,2-4H3;8H,2,5H2,1,3-4H3;10H,1,6H2,2-5H3;6-7H,1-5H2;9H,3H2,1-2H3;1H2,2-3H3;2H,1H3. The number of ether oxygens (including phenoxy) is 8. The predicted octanol–water partition coefficient (Wildman–Crippen LogP) is 22.1. The molecule has 7 N–H and O–H groups in total. The van der Waals surface area contributed by atoms with Crippen molar-refractivity contribution in [3.05, 3.63) is 194 Å². The first-order valence-corrected chi connectivity index (χ1v) is 44.5. The van der Waals surface area contributed by atoms with E-state index in [1.54, 1.807) is 97.9 Å². The average Bonchev–Trinajstić information content (AvgIpc) is 1.66. The molecule has 2 saturated carbocycles. The second kappa shape index (κ2) is 62.8. The van der Waals surface area contributed by atoms with Gasteiger partial charge in [-0.2, -0.15) is 61.5 Å². The molecule has 39 heteroatoms. The topological polar surface area (TPSA) is 361 Å². The second-order valence-corrected chi connectivity index (χ2v) is 36.2. The number of carbonyl (C=O) groups excluding carboxylic acids is 7. The second-order valence-electron chi connectivity index (χ2n) is 34.4. The molecule has 2 aliphatic rings. The highest BCUT2D eigenvalue weighted by Gasteiger charge is 2.54. The van der Waals surface area contributed by atoms with E-state index in [0.717, 1.165) is 43.9 Å². The van der Waals surface area contributed by atoms with Gasteiger partial charge in [0.25, 0.3) is 0 Å². The van der Waals surface area contributed by atoms with Crippen molar-refractivity contribution in [3.8, 4) is 11.5 Å². The van der Waals surface area contributed by atoms with Gasteiger partial charge in [-0.25, -0.2) is 41.9 Å². The van der Waals surface area contributed by atoms with Crippen LogP contribution in [0.15, 0.2) is 189 Å². The lowest BCUT2D eigenvalue weighted by atomic mass is 9.93. The largest absolute Gasteiger partial charge is 0.508 e. The van der Waals surface area contributed by atoms with Crippen LogP contribution in [-0.2, 0) is 83.3 Å². The fourth-order valence-electron chi connectivity index (χ4n) is 10.3. The maximum absolute atomic E-state index is 13.2. The Bertz CT molecular complexity index is 4500. The van der Waals surface area contributed by atoms with Crippen LogP contribution in [0.3, 0.4) is 0 Å². The van der Waals surface area contributed by atoms with Gasteiger partial charge >= 0.3 is 66.4 Å². The lowest BCUT2D eigenvalue weighted by Gasteiger charge is -2.31. The van der Waals surface area contributed by atoms with E-state index in [4.69, 9.17) is 44.1 Å². The Hall–Kier alpha value is -10.1. The Morgan fingerprint density at radius 3 is 1.13 bits per heavy atom. The normalized spacial score (nSPS) is 15.6. The number of ketones is 1. The molecule has 0 aliphatic heterocycles. The van der Waals surface area contributed by atoms with Crippen molar-refractivity contribution in [1.82, 2.24) is 4.72 Å². The smallest absolute Gasteiger partial charge is 0.417 e. The summed E-state index contributed by atoms with van der Waals surface area (Å²) in [5, 5.41) is 54.9. The number of aliphatic hydroxyl groups excluding tert-OH is 1. The molecular formula is C98H145F14NO23S. The van der Waals surface area contributed by atoms with Crippen molar-refractivity contribution in [2.75, 3.05) is 27.1 Å². The van der Waals surface area contributed by atoms with Crippen LogP contribution in [0.2, 0.25) is 0 Å². The van der Waals surface area contributed by atoms with E-state index in [0.29, 0.717) is 50.2 Å². The van der Waals surface area contributed by atoms with Crippen LogP contribution in [0.1, 0.15) is 228 Å². The summed E-state index contributed by atoms with van der Waals surface area (Å²) in [6, 6.07) is 21.1. The van der Waals surface area contributed by atoms with E-state index in [1.165, 1.54) is 85.1 Å². The van der Waals surface area contributed by atoms with Crippen molar-refractivity contribution < 1.29 is 172 Å². The van der Waals surface area contributed by atoms with E-state index < -0.39 is 148 Å². The van der Waals surface area contributed by atoms with E-state index in [-0.39, 0.29) is 77.8 Å². The van der Waals surface area contributed by atoms with E-state index in [9.17, 15) is 114 Å². The van der Waals surface area contributed by atoms with E-state index in [1.807, 2.05) is 26.0 Å². The molecule has 784 valence electrons. The van der Waals surface area contributed by atoms with Crippen LogP contribution >= 0.6 is 0 Å². The van der Waals surface area contributed by atoms with Crippen LogP contribution in [0.4, 0.5) is 61.5 Å². The summed E-state index contributed by atoms with van der Waals surface area (Å²) in [4.78, 5) is 76.5. The monoisotopic (exact) mass is 2000 g/mol. The summed E-state index contributed by atoms with van der Waals surface area (Å²) < 4.78 is 236. The summed E-state index contributed by atoms with van der Waals surface area (Å²) >= 11 is 0. The first-order chi connectivity index (χ1) is 61.8. The number of nitrogens with one attached hydrogen (secondary N) is 1. The highest BCUT2D eigenvalue weighted by molar-refractivity contribution is 7.88. The first-order valence-electron chi connectivity index (χ1n) is 42.6. The van der Waals surface area contributed by atoms with E-state index >= 15 is 0 Å². The van der Waals surface area contributed by atoms with Crippen molar-refractivity contribution in [2.45, 2.75) is 312 Å². The van der Waals surface area contributed by atoms with E-state index in [2.05, 4.69) is 115 Å². The molecular weight excluding hydrogens is 1860 g/mol. The molecule has 0 spiro atoms. The van der Waals surface area contributed by atoms with Crippen molar-refractivity contribution >= 4 is 62.4 Å². The lowest BCUT2D eigenvalue weighted by molar-refractivity contribution is -0.262. The van der Waals surface area contributed by atoms with Crippen molar-refractivity contribution in [3.63, 3.8) is 0 Å². The molecule has 0 amide bonds. The molecule has 0 aromatic heterocycles. The molecule has 24 nitrogen and oxygen atoms in total. The number of phenolic OH excluding ortho intramolecular Hbond substituents is 1. The van der Waals surface area contributed by atoms with Gasteiger partial charge in [0, 0.05) is 66.7 Å². The van der Waals surface area contributed by atoms with Crippen molar-refractivity contribution in [1.29, 1.82) is 0 Å². The Morgan fingerprint density at radius 1 is 0.460 bits per heavy atom. The zero-order valence-electron chi connectivity index (χ0n) is 83.2. The summed E-state index contributed by atoms with van der Waals surface area (Å²) in [6.07, 6.45) is -16.8. The Kier molecular flexibility index (Phi) is 63.1. The van der Waals surface area contributed by atoms with Gasteiger partial charge in [0.2, 0.25) is 15.8 Å². The number of esters is 6. The number of methoxy groups -OCH3 is 1. The summed E-state index contributed by atoms with van der Waals surface area (Å²) in [7, 11) is -0.983. The minimum atomic E-state index is -4.77. The number of fused-ring (bicyclic) bond motifs is 3. The minimum Gasteiger partial charge on any atom is -0.508 e. The van der Waals surface area contributed by atoms with Gasteiger partial charge in [-0.3, -0.25) is 4.79 Å². The summed E-state index contributed by atoms with van der Waals surface area (Å²) in [5.74, 6) is -4.60. The molecule has 8 unspecified atom stereocenters. The third kappa shape index (κ3) is 60.4. The SMILES string of the molecule is C1CC2CCC1C2.C=C(C)C(=C)OCc1ccc2ccccc2c1.C=C(C)C(=C)Oc1ccc(O)cc1.C=C(C)C(=O)OC.C=C(C)C(=O)OC(C)CC(C)(O)C(F)(F)F.C=C(C)C(=O)OC(CC(C)C)CC(C)(O)C(F)(F)F.C=C(C)C(=O)OC(CC)C(F)(F)C(C)=O.C=C(C)C(=O)OC(CC)CC(C)(O)C(F)(F)F.C=C(C)C(=O)OCC(C)(C)NS(C)(=O)=O.CCC(C)(O)C(F)(F)F.CO. The van der Waals surface area contributed by atoms with Crippen LogP contribution in [0.25, 0.3) is 10.8 Å². The molecule has 0 heterocycles. The number of phenols is 1.